The van der Waals surface area contributed by atoms with Crippen LogP contribution < -0.4 is 5.32 Å². The van der Waals surface area contributed by atoms with E-state index in [1.165, 1.54) is 12.8 Å². The van der Waals surface area contributed by atoms with E-state index in [-0.39, 0.29) is 11.9 Å². The van der Waals surface area contributed by atoms with Gasteiger partial charge in [0.25, 0.3) is 0 Å². The van der Waals surface area contributed by atoms with Crippen LogP contribution in [0, 0.1) is 11.8 Å². The van der Waals surface area contributed by atoms with Gasteiger partial charge in [0.1, 0.15) is 0 Å². The Bertz CT molecular complexity index is 251. The molecule has 2 atom stereocenters. The zero-order valence-corrected chi connectivity index (χ0v) is 12.0. The van der Waals surface area contributed by atoms with E-state index in [0.717, 1.165) is 19.0 Å². The Morgan fingerprint density at radius 2 is 1.88 bits per heavy atom. The molecular weight excluding hydrogens is 212 g/mol. The smallest absolute Gasteiger partial charge is 0.241 e. The number of nitrogens with one attached hydrogen (secondary N) is 1. The van der Waals surface area contributed by atoms with E-state index in [9.17, 15) is 4.79 Å². The predicted octanol–water partition coefficient (Wildman–Crippen LogP) is 2.62. The zero-order chi connectivity index (χ0) is 13.0. The molecular formula is C14H28N2O. The molecule has 0 spiro atoms. The number of carbonyl (C=O) groups is 1. The summed E-state index contributed by atoms with van der Waals surface area (Å²) in [6, 6.07) is 0.403. The normalized spacial score (nSPS) is 22.9. The Balaban J connectivity index is 2.38. The SMILES string of the molecule is CC(C)CCCC(C)N1CNC(C(C)C)C1=O. The molecule has 1 saturated heterocycles. The molecule has 1 aliphatic rings. The van der Waals surface area contributed by atoms with E-state index in [0.29, 0.717) is 12.0 Å². The molecule has 1 N–H and O–H groups in total. The van der Waals surface area contributed by atoms with Crippen molar-refractivity contribution >= 4 is 5.91 Å². The summed E-state index contributed by atoms with van der Waals surface area (Å²) in [5.41, 5.74) is 0. The van der Waals surface area contributed by atoms with Crippen molar-refractivity contribution < 1.29 is 4.79 Å². The molecule has 1 fully saturated rings. The van der Waals surface area contributed by atoms with Gasteiger partial charge in [0.15, 0.2) is 0 Å². The first-order chi connectivity index (χ1) is 7.93. The van der Waals surface area contributed by atoms with Gasteiger partial charge >= 0.3 is 0 Å². The van der Waals surface area contributed by atoms with Gasteiger partial charge in [-0.1, -0.05) is 40.5 Å². The summed E-state index contributed by atoms with van der Waals surface area (Å²) in [5, 5.41) is 3.31. The van der Waals surface area contributed by atoms with E-state index < -0.39 is 0 Å². The van der Waals surface area contributed by atoms with E-state index in [4.69, 9.17) is 0 Å². The lowest BCUT2D eigenvalue weighted by Crippen LogP contribution is -2.38. The van der Waals surface area contributed by atoms with Gasteiger partial charge in [-0.2, -0.15) is 0 Å². The van der Waals surface area contributed by atoms with Crippen molar-refractivity contribution in [1.29, 1.82) is 0 Å². The number of hydrogen-bond acceptors (Lipinski definition) is 2. The van der Waals surface area contributed by atoms with Crippen molar-refractivity contribution in [3.8, 4) is 0 Å². The molecule has 0 aromatic carbocycles. The van der Waals surface area contributed by atoms with Gasteiger partial charge in [0.2, 0.25) is 5.91 Å². The molecule has 3 heteroatoms. The summed E-state index contributed by atoms with van der Waals surface area (Å²) in [7, 11) is 0. The molecule has 1 rings (SSSR count). The first kappa shape index (κ1) is 14.5. The molecule has 100 valence electrons. The van der Waals surface area contributed by atoms with Crippen LogP contribution >= 0.6 is 0 Å². The van der Waals surface area contributed by atoms with Gasteiger partial charge in [0, 0.05) is 6.04 Å². The van der Waals surface area contributed by atoms with Gasteiger partial charge in [-0.3, -0.25) is 10.1 Å². The molecule has 0 aromatic rings. The summed E-state index contributed by atoms with van der Waals surface area (Å²) < 4.78 is 0. The second kappa shape index (κ2) is 6.39. The maximum atomic E-state index is 12.1. The van der Waals surface area contributed by atoms with Crippen molar-refractivity contribution in [2.45, 2.75) is 66.0 Å². The van der Waals surface area contributed by atoms with Crippen LogP contribution in [-0.4, -0.2) is 29.6 Å². The third-order valence-corrected chi connectivity index (χ3v) is 3.63. The highest BCUT2D eigenvalue weighted by molar-refractivity contribution is 5.84. The van der Waals surface area contributed by atoms with Crippen molar-refractivity contribution in [3.63, 3.8) is 0 Å². The van der Waals surface area contributed by atoms with Crippen LogP contribution in [0.1, 0.15) is 53.9 Å². The molecule has 1 amide bonds. The summed E-state index contributed by atoms with van der Waals surface area (Å²) in [5.74, 6) is 1.44. The van der Waals surface area contributed by atoms with Crippen LogP contribution in [0.15, 0.2) is 0 Å². The van der Waals surface area contributed by atoms with Crippen LogP contribution in [-0.2, 0) is 4.79 Å². The van der Waals surface area contributed by atoms with Gasteiger partial charge in [0.05, 0.1) is 12.7 Å². The number of rotatable bonds is 6. The van der Waals surface area contributed by atoms with Gasteiger partial charge in [-0.15, -0.1) is 0 Å². The summed E-state index contributed by atoms with van der Waals surface area (Å²) >= 11 is 0. The van der Waals surface area contributed by atoms with Crippen molar-refractivity contribution in [3.05, 3.63) is 0 Å². The molecule has 0 bridgehead atoms. The molecule has 0 aliphatic carbocycles. The minimum absolute atomic E-state index is 0.0301. The summed E-state index contributed by atoms with van der Waals surface area (Å²) in [4.78, 5) is 14.2. The van der Waals surface area contributed by atoms with E-state index in [1.807, 2.05) is 4.90 Å². The maximum Gasteiger partial charge on any atom is 0.241 e. The van der Waals surface area contributed by atoms with E-state index in [1.54, 1.807) is 0 Å². The van der Waals surface area contributed by atoms with Crippen LogP contribution in [0.2, 0.25) is 0 Å². The Hall–Kier alpha value is -0.570. The Morgan fingerprint density at radius 3 is 2.35 bits per heavy atom. The fourth-order valence-corrected chi connectivity index (χ4v) is 2.41. The van der Waals surface area contributed by atoms with Crippen molar-refractivity contribution in [2.24, 2.45) is 11.8 Å². The molecule has 0 radical (unpaired) electrons. The lowest BCUT2D eigenvalue weighted by molar-refractivity contribution is -0.131. The van der Waals surface area contributed by atoms with Gasteiger partial charge in [-0.25, -0.2) is 0 Å². The fraction of sp³-hybridized carbons (Fsp3) is 0.929. The zero-order valence-electron chi connectivity index (χ0n) is 12.0. The Morgan fingerprint density at radius 1 is 1.24 bits per heavy atom. The number of carbonyl (C=O) groups excluding carboxylic acids is 1. The largest absolute Gasteiger partial charge is 0.326 e. The average molecular weight is 240 g/mol. The molecule has 0 aromatic heterocycles. The molecule has 1 aliphatic heterocycles. The monoisotopic (exact) mass is 240 g/mol. The summed E-state index contributed by atoms with van der Waals surface area (Å²) in [6.45, 7) is 11.6. The van der Waals surface area contributed by atoms with Crippen LogP contribution in [0.25, 0.3) is 0 Å². The minimum Gasteiger partial charge on any atom is -0.326 e. The Labute approximate surface area is 106 Å². The van der Waals surface area contributed by atoms with Crippen molar-refractivity contribution in [1.82, 2.24) is 10.2 Å². The fourth-order valence-electron chi connectivity index (χ4n) is 2.41. The molecule has 0 saturated carbocycles. The van der Waals surface area contributed by atoms with Gasteiger partial charge < -0.3 is 4.90 Å². The van der Waals surface area contributed by atoms with E-state index in [2.05, 4.69) is 39.9 Å². The van der Waals surface area contributed by atoms with Crippen molar-refractivity contribution in [2.75, 3.05) is 6.67 Å². The standard InChI is InChI=1S/C14H28N2O/c1-10(2)7-6-8-12(5)16-9-15-13(11(3)4)14(16)17/h10-13,15H,6-9H2,1-5H3. The third-order valence-electron chi connectivity index (χ3n) is 3.63. The van der Waals surface area contributed by atoms with E-state index >= 15 is 0 Å². The van der Waals surface area contributed by atoms with Crippen LogP contribution in [0.3, 0.4) is 0 Å². The van der Waals surface area contributed by atoms with Gasteiger partial charge in [-0.05, 0) is 25.2 Å². The highest BCUT2D eigenvalue weighted by Gasteiger charge is 2.35. The lowest BCUT2D eigenvalue weighted by atomic mass is 10.0. The number of hydrogen-bond donors (Lipinski definition) is 1. The maximum absolute atomic E-state index is 12.1. The molecule has 3 nitrogen and oxygen atoms in total. The third kappa shape index (κ3) is 3.98. The first-order valence-corrected chi connectivity index (χ1v) is 6.97. The molecule has 2 unspecified atom stereocenters. The minimum atomic E-state index is 0.0301. The van der Waals surface area contributed by atoms with Crippen LogP contribution in [0.5, 0.6) is 0 Å². The van der Waals surface area contributed by atoms with Crippen LogP contribution in [0.4, 0.5) is 0 Å². The predicted molar refractivity (Wildman–Crippen MR) is 71.6 cm³/mol. The summed E-state index contributed by atoms with van der Waals surface area (Å²) in [6.07, 6.45) is 3.60. The Kier molecular flexibility index (Phi) is 5.44. The molecule has 17 heavy (non-hydrogen) atoms. The lowest BCUT2D eigenvalue weighted by Gasteiger charge is -2.24. The second-order valence-electron chi connectivity index (χ2n) is 6.07. The average Bonchev–Trinajstić information content (AvgIpc) is 2.59. The second-order valence-corrected chi connectivity index (χ2v) is 6.07. The molecule has 1 heterocycles. The highest BCUT2D eigenvalue weighted by atomic mass is 16.2. The topological polar surface area (TPSA) is 32.3 Å². The number of nitrogens with zero attached hydrogens (tertiary/aromatic N) is 1. The number of amides is 1. The first-order valence-electron chi connectivity index (χ1n) is 6.97. The highest BCUT2D eigenvalue weighted by Crippen LogP contribution is 2.18. The quantitative estimate of drug-likeness (QED) is 0.774.